The van der Waals surface area contributed by atoms with Gasteiger partial charge in [0.2, 0.25) is 0 Å². The van der Waals surface area contributed by atoms with Gasteiger partial charge in [-0.2, -0.15) is 11.3 Å². The lowest BCUT2D eigenvalue weighted by atomic mass is 10.0. The summed E-state index contributed by atoms with van der Waals surface area (Å²) in [5.74, 6) is 0.394. The molecule has 0 aliphatic rings. The molecular formula is C16H14N2O2S. The van der Waals surface area contributed by atoms with Crippen molar-refractivity contribution in [2.24, 2.45) is 0 Å². The first-order chi connectivity index (χ1) is 10.2. The van der Waals surface area contributed by atoms with Crippen molar-refractivity contribution in [2.45, 2.75) is 13.5 Å². The summed E-state index contributed by atoms with van der Waals surface area (Å²) >= 11 is 1.66. The summed E-state index contributed by atoms with van der Waals surface area (Å²) in [6.07, 6.45) is 0. The lowest BCUT2D eigenvalue weighted by Gasteiger charge is -2.08. The minimum Gasteiger partial charge on any atom is -0.361 e. The molecule has 2 aromatic heterocycles. The van der Waals surface area contributed by atoms with Crippen molar-refractivity contribution >= 4 is 17.2 Å². The number of rotatable bonds is 4. The van der Waals surface area contributed by atoms with Gasteiger partial charge in [0.05, 0.1) is 0 Å². The van der Waals surface area contributed by atoms with Gasteiger partial charge in [0.15, 0.2) is 5.69 Å². The number of thiophene rings is 1. The molecule has 106 valence electrons. The van der Waals surface area contributed by atoms with Crippen molar-refractivity contribution in [1.82, 2.24) is 10.5 Å². The molecule has 21 heavy (non-hydrogen) atoms. The lowest BCUT2D eigenvalue weighted by molar-refractivity contribution is 0.0942. The van der Waals surface area contributed by atoms with E-state index in [0.29, 0.717) is 18.0 Å². The summed E-state index contributed by atoms with van der Waals surface area (Å²) in [6.45, 7) is 2.21. The predicted molar refractivity (Wildman–Crippen MR) is 82.2 cm³/mol. The first-order valence-electron chi connectivity index (χ1n) is 6.56. The maximum absolute atomic E-state index is 12.0. The topological polar surface area (TPSA) is 55.1 Å². The predicted octanol–water partition coefficient (Wildman–Crippen LogP) is 3.64. The highest BCUT2D eigenvalue weighted by atomic mass is 32.1. The molecule has 5 heteroatoms. The highest BCUT2D eigenvalue weighted by molar-refractivity contribution is 7.08. The summed E-state index contributed by atoms with van der Waals surface area (Å²) < 4.78 is 4.91. The van der Waals surface area contributed by atoms with Crippen LogP contribution in [0.25, 0.3) is 11.1 Å². The minimum absolute atomic E-state index is 0.230. The average Bonchev–Trinajstić information content (AvgIpc) is 3.16. The summed E-state index contributed by atoms with van der Waals surface area (Å²) in [5.41, 5.74) is 3.68. The van der Waals surface area contributed by atoms with Crippen LogP contribution in [0, 0.1) is 6.92 Å². The molecule has 1 N–H and O–H groups in total. The van der Waals surface area contributed by atoms with E-state index in [1.807, 2.05) is 23.6 Å². The molecule has 0 fully saturated rings. The molecule has 3 aromatic rings. The van der Waals surface area contributed by atoms with Crippen LogP contribution >= 0.6 is 11.3 Å². The van der Waals surface area contributed by atoms with E-state index in [2.05, 4.69) is 28.0 Å². The van der Waals surface area contributed by atoms with Gasteiger partial charge in [-0.3, -0.25) is 4.79 Å². The fraction of sp³-hybridized carbons (Fsp3) is 0.125. The van der Waals surface area contributed by atoms with Crippen molar-refractivity contribution in [3.05, 3.63) is 64.2 Å². The maximum atomic E-state index is 12.0. The number of hydrogen-bond donors (Lipinski definition) is 1. The van der Waals surface area contributed by atoms with E-state index in [1.54, 1.807) is 24.3 Å². The Bertz CT molecular complexity index is 747. The standard InChI is InChI=1S/C16H14N2O2S/c1-11-8-15(18-20-11)16(19)17-9-12-4-2-3-5-14(12)13-6-7-21-10-13/h2-8,10H,9H2,1H3,(H,17,19). The van der Waals surface area contributed by atoms with E-state index in [-0.39, 0.29) is 5.91 Å². The van der Waals surface area contributed by atoms with E-state index in [9.17, 15) is 4.79 Å². The van der Waals surface area contributed by atoms with E-state index in [4.69, 9.17) is 4.52 Å². The first kappa shape index (κ1) is 13.6. The summed E-state index contributed by atoms with van der Waals surface area (Å²) in [4.78, 5) is 12.0. The number of benzene rings is 1. The quantitative estimate of drug-likeness (QED) is 0.800. The Morgan fingerprint density at radius 1 is 1.33 bits per heavy atom. The number of aromatic nitrogens is 1. The lowest BCUT2D eigenvalue weighted by Crippen LogP contribution is -2.23. The van der Waals surface area contributed by atoms with Crippen LogP contribution in [-0.4, -0.2) is 11.1 Å². The SMILES string of the molecule is Cc1cc(C(=O)NCc2ccccc2-c2ccsc2)no1. The van der Waals surface area contributed by atoms with Crippen LogP contribution in [0.3, 0.4) is 0 Å². The fourth-order valence-corrected chi connectivity index (χ4v) is 2.77. The second-order valence-electron chi connectivity index (χ2n) is 4.67. The van der Waals surface area contributed by atoms with Gasteiger partial charge in [-0.25, -0.2) is 0 Å². The molecule has 3 rings (SSSR count). The molecule has 0 saturated heterocycles. The molecule has 0 spiro atoms. The molecule has 0 radical (unpaired) electrons. The number of nitrogens with zero attached hydrogens (tertiary/aromatic N) is 1. The minimum atomic E-state index is -0.230. The number of hydrogen-bond acceptors (Lipinski definition) is 4. The van der Waals surface area contributed by atoms with Crippen molar-refractivity contribution in [1.29, 1.82) is 0 Å². The average molecular weight is 298 g/mol. The fourth-order valence-electron chi connectivity index (χ4n) is 2.11. The third-order valence-corrected chi connectivity index (χ3v) is 3.83. The van der Waals surface area contributed by atoms with Crippen LogP contribution < -0.4 is 5.32 Å². The zero-order valence-corrected chi connectivity index (χ0v) is 12.3. The highest BCUT2D eigenvalue weighted by Gasteiger charge is 2.11. The molecular weight excluding hydrogens is 284 g/mol. The summed E-state index contributed by atoms with van der Waals surface area (Å²) in [5, 5.41) is 10.7. The molecule has 1 amide bonds. The number of carbonyl (C=O) groups is 1. The number of nitrogens with one attached hydrogen (secondary N) is 1. The molecule has 4 nitrogen and oxygen atoms in total. The van der Waals surface area contributed by atoms with Crippen LogP contribution in [0.1, 0.15) is 21.8 Å². The second kappa shape index (κ2) is 5.93. The molecule has 1 aromatic carbocycles. The van der Waals surface area contributed by atoms with E-state index >= 15 is 0 Å². The van der Waals surface area contributed by atoms with Gasteiger partial charge in [0, 0.05) is 12.6 Å². The molecule has 0 saturated carbocycles. The van der Waals surface area contributed by atoms with Crippen LogP contribution in [0.4, 0.5) is 0 Å². The van der Waals surface area contributed by atoms with E-state index in [1.165, 1.54) is 5.56 Å². The first-order valence-corrected chi connectivity index (χ1v) is 7.50. The van der Waals surface area contributed by atoms with Crippen LogP contribution in [-0.2, 0) is 6.54 Å². The van der Waals surface area contributed by atoms with Crippen molar-refractivity contribution in [3.63, 3.8) is 0 Å². The van der Waals surface area contributed by atoms with Gasteiger partial charge in [0.1, 0.15) is 5.76 Å². The van der Waals surface area contributed by atoms with Crippen molar-refractivity contribution in [2.75, 3.05) is 0 Å². The van der Waals surface area contributed by atoms with Crippen LogP contribution in [0.5, 0.6) is 0 Å². The summed E-state index contributed by atoms with van der Waals surface area (Å²) in [6, 6.07) is 11.7. The van der Waals surface area contributed by atoms with Crippen LogP contribution in [0.15, 0.2) is 51.7 Å². The zero-order chi connectivity index (χ0) is 14.7. The zero-order valence-electron chi connectivity index (χ0n) is 11.5. The van der Waals surface area contributed by atoms with Gasteiger partial charge < -0.3 is 9.84 Å². The molecule has 0 atom stereocenters. The second-order valence-corrected chi connectivity index (χ2v) is 5.45. The largest absolute Gasteiger partial charge is 0.361 e. The number of aryl methyl sites for hydroxylation is 1. The van der Waals surface area contributed by atoms with Gasteiger partial charge in [-0.15, -0.1) is 0 Å². The van der Waals surface area contributed by atoms with Crippen LogP contribution in [0.2, 0.25) is 0 Å². The Hall–Kier alpha value is -2.40. The number of amides is 1. The van der Waals surface area contributed by atoms with E-state index in [0.717, 1.165) is 11.1 Å². The smallest absolute Gasteiger partial charge is 0.273 e. The Balaban J connectivity index is 1.75. The highest BCUT2D eigenvalue weighted by Crippen LogP contribution is 2.25. The third kappa shape index (κ3) is 3.03. The Morgan fingerprint density at radius 2 is 2.19 bits per heavy atom. The van der Waals surface area contributed by atoms with Crippen molar-refractivity contribution in [3.8, 4) is 11.1 Å². The monoisotopic (exact) mass is 298 g/mol. The normalized spacial score (nSPS) is 10.5. The summed E-state index contributed by atoms with van der Waals surface area (Å²) in [7, 11) is 0. The van der Waals surface area contributed by atoms with Gasteiger partial charge >= 0.3 is 0 Å². The third-order valence-electron chi connectivity index (χ3n) is 3.15. The van der Waals surface area contributed by atoms with Crippen molar-refractivity contribution < 1.29 is 9.32 Å². The molecule has 2 heterocycles. The molecule has 0 aliphatic carbocycles. The Labute approximate surface area is 126 Å². The van der Waals surface area contributed by atoms with Gasteiger partial charge in [0.25, 0.3) is 5.91 Å². The number of carbonyl (C=O) groups excluding carboxylic acids is 1. The van der Waals surface area contributed by atoms with Gasteiger partial charge in [-0.05, 0) is 40.4 Å². The van der Waals surface area contributed by atoms with Gasteiger partial charge in [-0.1, -0.05) is 29.4 Å². The maximum Gasteiger partial charge on any atom is 0.273 e. The Kier molecular flexibility index (Phi) is 3.83. The molecule has 0 bridgehead atoms. The molecule has 0 aliphatic heterocycles. The molecule has 0 unspecified atom stereocenters. The Morgan fingerprint density at radius 3 is 2.90 bits per heavy atom. The van der Waals surface area contributed by atoms with E-state index < -0.39 is 0 Å².